The Bertz CT molecular complexity index is 820. The molecule has 26 heavy (non-hydrogen) atoms. The fraction of sp³-hybridized carbons (Fsp3) is 0.500. The molecule has 1 aromatic carbocycles. The number of hydrogen-bond donors (Lipinski definition) is 1. The van der Waals surface area contributed by atoms with Crippen LogP contribution in [0, 0.1) is 5.92 Å². The molecule has 2 heterocycles. The number of aromatic nitrogens is 2. The quantitative estimate of drug-likeness (QED) is 0.764. The number of likely N-dealkylation sites (tertiary alicyclic amines) is 1. The van der Waals surface area contributed by atoms with Crippen LogP contribution in [0.1, 0.15) is 11.3 Å². The number of sulfonamides is 1. The van der Waals surface area contributed by atoms with Gasteiger partial charge < -0.3 is 9.67 Å². The molecule has 0 aliphatic carbocycles. The molecule has 0 radical (unpaired) electrons. The summed E-state index contributed by atoms with van der Waals surface area (Å²) in [6.45, 7) is 2.42. The maximum atomic E-state index is 12.1. The Hall–Kier alpha value is -1.74. The van der Waals surface area contributed by atoms with Gasteiger partial charge in [0, 0.05) is 52.4 Å². The summed E-state index contributed by atoms with van der Waals surface area (Å²) >= 11 is 0. The lowest BCUT2D eigenvalue weighted by Crippen LogP contribution is -2.33. The van der Waals surface area contributed by atoms with E-state index in [4.69, 9.17) is 0 Å². The monoisotopic (exact) mass is 378 g/mol. The first-order valence-corrected chi connectivity index (χ1v) is 10.3. The maximum Gasteiger partial charge on any atom is 0.214 e. The predicted molar refractivity (Wildman–Crippen MR) is 100 cm³/mol. The Kier molecular flexibility index (Phi) is 5.76. The second-order valence-corrected chi connectivity index (χ2v) is 9.31. The largest absolute Gasteiger partial charge is 0.391 e. The molecule has 2 atom stereocenters. The second-order valence-electron chi connectivity index (χ2n) is 7.08. The standard InChI is InChI=1S/C18H26N4O3S/c1-20(2)26(24,25)13-16-10-21(12-18(16)23)11-17-8-19-14-22(17)9-15-6-4-3-5-7-15/h3-8,14,16,18,23H,9-13H2,1-2H3. The van der Waals surface area contributed by atoms with Crippen molar-refractivity contribution in [3.05, 3.63) is 54.1 Å². The summed E-state index contributed by atoms with van der Waals surface area (Å²) in [5.41, 5.74) is 2.25. The Morgan fingerprint density at radius 1 is 1.19 bits per heavy atom. The van der Waals surface area contributed by atoms with Crippen LogP contribution in [0.15, 0.2) is 42.9 Å². The topological polar surface area (TPSA) is 78.7 Å². The fourth-order valence-corrected chi connectivity index (χ4v) is 4.45. The molecule has 1 aliphatic rings. The predicted octanol–water partition coefficient (Wildman–Crippen LogP) is 0.615. The fourth-order valence-electron chi connectivity index (χ4n) is 3.29. The lowest BCUT2D eigenvalue weighted by atomic mass is 10.1. The van der Waals surface area contributed by atoms with Gasteiger partial charge in [0.1, 0.15) is 0 Å². The molecule has 1 fully saturated rings. The van der Waals surface area contributed by atoms with Crippen LogP contribution in [0.5, 0.6) is 0 Å². The van der Waals surface area contributed by atoms with Gasteiger partial charge in [-0.2, -0.15) is 0 Å². The van der Waals surface area contributed by atoms with Gasteiger partial charge in [-0.25, -0.2) is 17.7 Å². The van der Waals surface area contributed by atoms with Gasteiger partial charge in [0.2, 0.25) is 10.0 Å². The molecule has 3 rings (SSSR count). The molecule has 8 heteroatoms. The smallest absolute Gasteiger partial charge is 0.214 e. The van der Waals surface area contributed by atoms with Crippen molar-refractivity contribution in [1.82, 2.24) is 18.8 Å². The van der Waals surface area contributed by atoms with E-state index in [-0.39, 0.29) is 11.7 Å². The molecule has 1 aliphatic heterocycles. The Morgan fingerprint density at radius 2 is 1.92 bits per heavy atom. The average Bonchev–Trinajstić information content (AvgIpc) is 3.15. The minimum absolute atomic E-state index is 0.0268. The van der Waals surface area contributed by atoms with E-state index in [1.807, 2.05) is 30.7 Å². The lowest BCUT2D eigenvalue weighted by molar-refractivity contribution is 0.148. The van der Waals surface area contributed by atoms with E-state index < -0.39 is 16.1 Å². The number of hydrogen-bond acceptors (Lipinski definition) is 5. The second kappa shape index (κ2) is 7.87. The molecule has 1 aromatic heterocycles. The first-order valence-electron chi connectivity index (χ1n) is 8.68. The van der Waals surface area contributed by atoms with Crippen LogP contribution < -0.4 is 0 Å². The zero-order valence-corrected chi connectivity index (χ0v) is 16.0. The molecular weight excluding hydrogens is 352 g/mol. The van der Waals surface area contributed by atoms with Crippen LogP contribution in [0.3, 0.4) is 0 Å². The van der Waals surface area contributed by atoms with Crippen LogP contribution in [0.2, 0.25) is 0 Å². The van der Waals surface area contributed by atoms with Crippen LogP contribution in [0.4, 0.5) is 0 Å². The first-order chi connectivity index (χ1) is 12.3. The zero-order valence-electron chi connectivity index (χ0n) is 15.2. The molecule has 1 saturated heterocycles. The van der Waals surface area contributed by atoms with Gasteiger partial charge in [-0.3, -0.25) is 4.90 Å². The van der Waals surface area contributed by atoms with Crippen LogP contribution in [-0.4, -0.2) is 71.3 Å². The van der Waals surface area contributed by atoms with Gasteiger partial charge in [-0.15, -0.1) is 0 Å². The third-order valence-electron chi connectivity index (χ3n) is 4.84. The van der Waals surface area contributed by atoms with Crippen molar-refractivity contribution < 1.29 is 13.5 Å². The van der Waals surface area contributed by atoms with Crippen molar-refractivity contribution in [2.75, 3.05) is 32.9 Å². The number of benzene rings is 1. The van der Waals surface area contributed by atoms with Gasteiger partial charge >= 0.3 is 0 Å². The molecule has 2 aromatic rings. The maximum absolute atomic E-state index is 12.1. The van der Waals surface area contributed by atoms with Crippen molar-refractivity contribution in [2.24, 2.45) is 5.92 Å². The summed E-state index contributed by atoms with van der Waals surface area (Å²) in [5, 5.41) is 10.3. The Morgan fingerprint density at radius 3 is 2.62 bits per heavy atom. The van der Waals surface area contributed by atoms with Crippen molar-refractivity contribution in [2.45, 2.75) is 19.2 Å². The highest BCUT2D eigenvalue weighted by molar-refractivity contribution is 7.89. The minimum atomic E-state index is -3.32. The summed E-state index contributed by atoms with van der Waals surface area (Å²) in [5.74, 6) is -0.297. The van der Waals surface area contributed by atoms with E-state index in [0.29, 0.717) is 19.6 Å². The number of β-amino-alcohol motifs (C(OH)–C–C–N with tert-alkyl or cyclic N) is 1. The number of imidazole rings is 1. The van der Waals surface area contributed by atoms with Crippen molar-refractivity contribution >= 4 is 10.0 Å². The number of rotatable bonds is 7. The molecule has 0 saturated carbocycles. The van der Waals surface area contributed by atoms with E-state index >= 15 is 0 Å². The van der Waals surface area contributed by atoms with Crippen molar-refractivity contribution in [1.29, 1.82) is 0 Å². The third-order valence-corrected chi connectivity index (χ3v) is 6.81. The molecule has 0 bridgehead atoms. The summed E-state index contributed by atoms with van der Waals surface area (Å²) in [6.07, 6.45) is 3.01. The SMILES string of the molecule is CN(C)S(=O)(=O)CC1CN(Cc2cncn2Cc2ccccc2)CC1O. The first kappa shape index (κ1) is 19.0. The molecule has 2 unspecified atom stereocenters. The van der Waals surface area contributed by atoms with E-state index in [1.54, 1.807) is 0 Å². The summed E-state index contributed by atoms with van der Waals surface area (Å²) in [4.78, 5) is 6.35. The van der Waals surface area contributed by atoms with E-state index in [9.17, 15) is 13.5 Å². The molecule has 0 amide bonds. The van der Waals surface area contributed by atoms with E-state index in [0.717, 1.165) is 12.2 Å². The summed E-state index contributed by atoms with van der Waals surface area (Å²) in [7, 11) is -0.271. The van der Waals surface area contributed by atoms with Gasteiger partial charge in [0.05, 0.1) is 23.9 Å². The average molecular weight is 378 g/mol. The highest BCUT2D eigenvalue weighted by Gasteiger charge is 2.35. The molecule has 0 spiro atoms. The van der Waals surface area contributed by atoms with Gasteiger partial charge in [-0.05, 0) is 5.56 Å². The van der Waals surface area contributed by atoms with Crippen LogP contribution in [0.25, 0.3) is 0 Å². The van der Waals surface area contributed by atoms with Gasteiger partial charge in [-0.1, -0.05) is 30.3 Å². The van der Waals surface area contributed by atoms with Gasteiger partial charge in [0.15, 0.2) is 0 Å². The molecular formula is C18H26N4O3S. The molecule has 1 N–H and O–H groups in total. The number of aliphatic hydroxyl groups excluding tert-OH is 1. The van der Waals surface area contributed by atoms with Gasteiger partial charge in [0.25, 0.3) is 0 Å². The van der Waals surface area contributed by atoms with E-state index in [1.165, 1.54) is 24.0 Å². The Balaban J connectivity index is 1.63. The molecule has 7 nitrogen and oxygen atoms in total. The minimum Gasteiger partial charge on any atom is -0.391 e. The van der Waals surface area contributed by atoms with Crippen LogP contribution in [-0.2, 0) is 23.1 Å². The number of aliphatic hydroxyl groups is 1. The number of nitrogens with zero attached hydrogens (tertiary/aromatic N) is 4. The summed E-state index contributed by atoms with van der Waals surface area (Å²) < 4.78 is 27.5. The normalized spacial score (nSPS) is 21.5. The highest BCUT2D eigenvalue weighted by atomic mass is 32.2. The lowest BCUT2D eigenvalue weighted by Gasteiger charge is -2.18. The van der Waals surface area contributed by atoms with Crippen molar-refractivity contribution in [3.63, 3.8) is 0 Å². The van der Waals surface area contributed by atoms with Crippen molar-refractivity contribution in [3.8, 4) is 0 Å². The third kappa shape index (κ3) is 4.50. The summed E-state index contributed by atoms with van der Waals surface area (Å²) in [6, 6.07) is 10.2. The zero-order chi connectivity index (χ0) is 18.7. The van der Waals surface area contributed by atoms with Crippen LogP contribution >= 0.6 is 0 Å². The highest BCUT2D eigenvalue weighted by Crippen LogP contribution is 2.22. The van der Waals surface area contributed by atoms with E-state index in [2.05, 4.69) is 26.6 Å². The Labute approximate surface area is 154 Å². The molecule has 142 valence electrons.